The highest BCUT2D eigenvalue weighted by molar-refractivity contribution is 7.16. The molecule has 1 atom stereocenters. The van der Waals surface area contributed by atoms with Gasteiger partial charge in [-0.05, 0) is 53.8 Å². The number of fused-ring (bicyclic) bond motifs is 1. The Morgan fingerprint density at radius 3 is 3.06 bits per heavy atom. The van der Waals surface area contributed by atoms with E-state index in [1.165, 1.54) is 17.4 Å². The second-order valence-electron chi connectivity index (χ2n) is 7.23. The number of nitrogens with one attached hydrogen (secondary N) is 2. The third-order valence-electron chi connectivity index (χ3n) is 5.09. The summed E-state index contributed by atoms with van der Waals surface area (Å²) in [6.07, 6.45) is 5.67. The number of amides is 2. The summed E-state index contributed by atoms with van der Waals surface area (Å²) in [7, 11) is 0. The smallest absolute Gasteiger partial charge is 0.407 e. The number of anilines is 1. The standard InChI is InChI=1S/C22H20N4O4S2/c1-13-15(11-25-30-13)10-24-22(28)29-16-3-4-17-18(9-23)21(32-19(17)8-16)26-20(27)5-2-14-6-7-31-12-14/h2,5-7,11-12,16H,3-4,8,10H2,1H3,(H,24,28)(H,26,27)/b5-2+. The third kappa shape index (κ3) is 5.07. The van der Waals surface area contributed by atoms with E-state index in [0.29, 0.717) is 35.6 Å². The number of nitrogens with zero attached hydrogens (tertiary/aromatic N) is 2. The first-order valence-corrected chi connectivity index (χ1v) is 11.7. The lowest BCUT2D eigenvalue weighted by Crippen LogP contribution is -2.31. The van der Waals surface area contributed by atoms with Crippen molar-refractivity contribution in [2.75, 3.05) is 5.32 Å². The van der Waals surface area contributed by atoms with E-state index in [2.05, 4.69) is 21.9 Å². The summed E-state index contributed by atoms with van der Waals surface area (Å²) in [4.78, 5) is 25.4. The van der Waals surface area contributed by atoms with Crippen LogP contribution in [0.25, 0.3) is 6.08 Å². The lowest BCUT2D eigenvalue weighted by Gasteiger charge is -2.22. The minimum absolute atomic E-state index is 0.277. The molecule has 32 heavy (non-hydrogen) atoms. The third-order valence-corrected chi connectivity index (χ3v) is 6.96. The molecule has 0 saturated carbocycles. The Balaban J connectivity index is 1.36. The fourth-order valence-electron chi connectivity index (χ4n) is 3.41. The number of thiophene rings is 2. The molecule has 0 spiro atoms. The molecule has 2 N–H and O–H groups in total. The number of aryl methyl sites for hydroxylation is 1. The number of aromatic nitrogens is 1. The van der Waals surface area contributed by atoms with Crippen molar-refractivity contribution in [3.05, 3.63) is 62.0 Å². The maximum absolute atomic E-state index is 12.3. The number of alkyl carbamates (subject to hydrolysis) is 1. The average molecular weight is 469 g/mol. The van der Waals surface area contributed by atoms with E-state index in [9.17, 15) is 14.9 Å². The highest BCUT2D eigenvalue weighted by Crippen LogP contribution is 2.38. The van der Waals surface area contributed by atoms with Crippen molar-refractivity contribution in [3.8, 4) is 6.07 Å². The monoisotopic (exact) mass is 468 g/mol. The maximum Gasteiger partial charge on any atom is 0.407 e. The average Bonchev–Trinajstić information content (AvgIpc) is 3.50. The van der Waals surface area contributed by atoms with E-state index in [1.54, 1.807) is 30.5 Å². The van der Waals surface area contributed by atoms with Crippen LogP contribution in [0.1, 0.15) is 39.3 Å². The molecule has 2 amide bonds. The van der Waals surface area contributed by atoms with Gasteiger partial charge in [-0.2, -0.15) is 16.6 Å². The van der Waals surface area contributed by atoms with Gasteiger partial charge in [-0.15, -0.1) is 11.3 Å². The molecule has 3 aromatic rings. The summed E-state index contributed by atoms with van der Waals surface area (Å²) in [5, 5.41) is 23.2. The van der Waals surface area contributed by atoms with E-state index >= 15 is 0 Å². The van der Waals surface area contributed by atoms with Gasteiger partial charge in [0.25, 0.3) is 0 Å². The van der Waals surface area contributed by atoms with Crippen LogP contribution in [0.5, 0.6) is 0 Å². The lowest BCUT2D eigenvalue weighted by molar-refractivity contribution is -0.111. The van der Waals surface area contributed by atoms with Crippen LogP contribution in [0.4, 0.5) is 9.80 Å². The highest BCUT2D eigenvalue weighted by atomic mass is 32.1. The molecule has 8 nitrogen and oxygen atoms in total. The summed E-state index contributed by atoms with van der Waals surface area (Å²) in [6.45, 7) is 2.05. The molecule has 164 valence electrons. The fourth-order valence-corrected chi connectivity index (χ4v) is 5.30. The Morgan fingerprint density at radius 1 is 1.47 bits per heavy atom. The number of ether oxygens (including phenoxy) is 1. The van der Waals surface area contributed by atoms with Gasteiger partial charge in [0, 0.05) is 22.9 Å². The predicted molar refractivity (Wildman–Crippen MR) is 121 cm³/mol. The first kappa shape index (κ1) is 21.8. The van der Waals surface area contributed by atoms with Crippen LogP contribution in [0, 0.1) is 18.3 Å². The summed E-state index contributed by atoms with van der Waals surface area (Å²) >= 11 is 2.92. The van der Waals surface area contributed by atoms with Crippen LogP contribution < -0.4 is 10.6 Å². The first-order valence-electron chi connectivity index (χ1n) is 9.94. The van der Waals surface area contributed by atoms with Gasteiger partial charge in [-0.3, -0.25) is 4.79 Å². The number of hydrogen-bond acceptors (Lipinski definition) is 8. The molecule has 1 unspecified atom stereocenters. The van der Waals surface area contributed by atoms with Gasteiger partial charge in [0.05, 0.1) is 18.3 Å². The fraction of sp³-hybridized carbons (Fsp3) is 0.273. The molecule has 10 heteroatoms. The molecule has 0 aliphatic heterocycles. The quantitative estimate of drug-likeness (QED) is 0.518. The van der Waals surface area contributed by atoms with Crippen LogP contribution >= 0.6 is 22.7 Å². The van der Waals surface area contributed by atoms with E-state index in [0.717, 1.165) is 21.6 Å². The van der Waals surface area contributed by atoms with Gasteiger partial charge in [-0.25, -0.2) is 4.79 Å². The second kappa shape index (κ2) is 9.80. The molecule has 1 aliphatic rings. The molecule has 0 fully saturated rings. The van der Waals surface area contributed by atoms with Crippen molar-refractivity contribution in [2.24, 2.45) is 0 Å². The van der Waals surface area contributed by atoms with Gasteiger partial charge in [0.15, 0.2) is 0 Å². The predicted octanol–water partition coefficient (Wildman–Crippen LogP) is 4.41. The molecule has 0 bridgehead atoms. The largest absolute Gasteiger partial charge is 0.446 e. The second-order valence-corrected chi connectivity index (χ2v) is 9.12. The van der Waals surface area contributed by atoms with Crippen LogP contribution in [0.2, 0.25) is 0 Å². The molecular formula is C22H20N4O4S2. The highest BCUT2D eigenvalue weighted by Gasteiger charge is 2.28. The van der Waals surface area contributed by atoms with Crippen molar-refractivity contribution in [3.63, 3.8) is 0 Å². The summed E-state index contributed by atoms with van der Waals surface area (Å²) < 4.78 is 10.5. The molecule has 1 aliphatic carbocycles. The van der Waals surface area contributed by atoms with Crippen LogP contribution in [0.15, 0.2) is 33.6 Å². The van der Waals surface area contributed by atoms with Gasteiger partial charge in [-0.1, -0.05) is 5.16 Å². The number of carbonyl (C=O) groups is 2. The topological polar surface area (TPSA) is 117 Å². The van der Waals surface area contributed by atoms with Crippen molar-refractivity contribution >= 4 is 45.8 Å². The van der Waals surface area contributed by atoms with Crippen LogP contribution in [0.3, 0.4) is 0 Å². The zero-order chi connectivity index (χ0) is 22.5. The van der Waals surface area contributed by atoms with Gasteiger partial charge in [0.1, 0.15) is 22.9 Å². The summed E-state index contributed by atoms with van der Waals surface area (Å²) in [5.41, 5.74) is 3.16. The Kier molecular flexibility index (Phi) is 6.68. The molecule has 3 heterocycles. The Hall–Kier alpha value is -3.42. The van der Waals surface area contributed by atoms with E-state index in [-0.39, 0.29) is 18.6 Å². The van der Waals surface area contributed by atoms with Gasteiger partial charge >= 0.3 is 6.09 Å². The van der Waals surface area contributed by atoms with E-state index < -0.39 is 6.09 Å². The summed E-state index contributed by atoms with van der Waals surface area (Å²) in [6, 6.07) is 4.13. The van der Waals surface area contributed by atoms with Crippen molar-refractivity contribution in [1.29, 1.82) is 5.26 Å². The normalized spacial score (nSPS) is 15.2. The summed E-state index contributed by atoms with van der Waals surface area (Å²) in [5.74, 6) is 0.359. The van der Waals surface area contributed by atoms with Crippen LogP contribution in [-0.2, 0) is 28.9 Å². The SMILES string of the molecule is Cc1oncc1CNC(=O)OC1CCc2c(sc(NC(=O)/C=C/c3ccsc3)c2C#N)C1. The van der Waals surface area contributed by atoms with Crippen LogP contribution in [-0.4, -0.2) is 23.3 Å². The van der Waals surface area contributed by atoms with Gasteiger partial charge < -0.3 is 19.9 Å². The molecule has 3 aromatic heterocycles. The molecule has 4 rings (SSSR count). The van der Waals surface area contributed by atoms with Crippen molar-refractivity contribution < 1.29 is 18.8 Å². The molecule has 0 aromatic carbocycles. The van der Waals surface area contributed by atoms with E-state index in [4.69, 9.17) is 9.26 Å². The van der Waals surface area contributed by atoms with Gasteiger partial charge in [0.2, 0.25) is 5.91 Å². The molecular weight excluding hydrogens is 448 g/mol. The Bertz CT molecular complexity index is 1190. The zero-order valence-electron chi connectivity index (χ0n) is 17.2. The Labute approximate surface area is 192 Å². The maximum atomic E-state index is 12.3. The molecule has 0 radical (unpaired) electrons. The number of carbonyl (C=O) groups excluding carboxylic acids is 2. The zero-order valence-corrected chi connectivity index (χ0v) is 18.8. The van der Waals surface area contributed by atoms with E-state index in [1.807, 2.05) is 16.8 Å². The number of rotatable bonds is 6. The van der Waals surface area contributed by atoms with Crippen molar-refractivity contribution in [1.82, 2.24) is 10.5 Å². The first-order chi connectivity index (χ1) is 15.5. The Morgan fingerprint density at radius 2 is 2.34 bits per heavy atom. The van der Waals surface area contributed by atoms with Crippen molar-refractivity contribution in [2.45, 2.75) is 38.8 Å². The lowest BCUT2D eigenvalue weighted by atomic mass is 9.94. The number of nitriles is 1. The number of hydrogen-bond donors (Lipinski definition) is 2. The minimum Gasteiger partial charge on any atom is -0.446 e. The minimum atomic E-state index is -0.511. The molecule has 0 saturated heterocycles.